The molecule has 0 radical (unpaired) electrons. The van der Waals surface area contributed by atoms with Crippen LogP contribution in [-0.2, 0) is 0 Å². The van der Waals surface area contributed by atoms with E-state index in [1.807, 2.05) is 0 Å². The van der Waals surface area contributed by atoms with Crippen molar-refractivity contribution < 1.29 is 0 Å². The molecule has 0 saturated carbocycles. The fourth-order valence-corrected chi connectivity index (χ4v) is 1.76. The molecule has 2 atom stereocenters. The van der Waals surface area contributed by atoms with Crippen molar-refractivity contribution >= 4 is 12.4 Å². The standard InChI is InChI=1S/C13H21N.ClH/c1-5-10(3)13(14)12-7-6-9(2)8-11(12)4;/h6-8,10,13H,5,14H2,1-4H3;1H/t10?,13-;/m0./s1. The highest BCUT2D eigenvalue weighted by Crippen LogP contribution is 2.24. The Kier molecular flexibility index (Phi) is 5.92. The minimum atomic E-state index is 0. The highest BCUT2D eigenvalue weighted by Gasteiger charge is 2.14. The highest BCUT2D eigenvalue weighted by molar-refractivity contribution is 5.85. The van der Waals surface area contributed by atoms with Crippen LogP contribution in [0.4, 0.5) is 0 Å². The molecule has 1 rings (SSSR count). The summed E-state index contributed by atoms with van der Waals surface area (Å²) in [7, 11) is 0. The van der Waals surface area contributed by atoms with Crippen LogP contribution in [0.15, 0.2) is 18.2 Å². The number of aryl methyl sites for hydroxylation is 2. The Hall–Kier alpha value is -0.530. The third kappa shape index (κ3) is 3.51. The van der Waals surface area contributed by atoms with Gasteiger partial charge in [0, 0.05) is 6.04 Å². The van der Waals surface area contributed by atoms with E-state index in [1.54, 1.807) is 0 Å². The number of halogens is 1. The summed E-state index contributed by atoms with van der Waals surface area (Å²) >= 11 is 0. The number of hydrogen-bond acceptors (Lipinski definition) is 1. The second kappa shape index (κ2) is 6.14. The predicted octanol–water partition coefficient (Wildman–Crippen LogP) is 3.77. The molecule has 1 nitrogen and oxygen atoms in total. The number of hydrogen-bond donors (Lipinski definition) is 1. The van der Waals surface area contributed by atoms with Gasteiger partial charge in [0.25, 0.3) is 0 Å². The van der Waals surface area contributed by atoms with Crippen molar-refractivity contribution in [1.29, 1.82) is 0 Å². The summed E-state index contributed by atoms with van der Waals surface area (Å²) in [5, 5.41) is 0. The molecule has 1 aromatic rings. The van der Waals surface area contributed by atoms with E-state index < -0.39 is 0 Å². The van der Waals surface area contributed by atoms with Gasteiger partial charge in [0.1, 0.15) is 0 Å². The molecule has 0 bridgehead atoms. The Morgan fingerprint density at radius 2 is 1.87 bits per heavy atom. The minimum Gasteiger partial charge on any atom is -0.324 e. The third-order valence-electron chi connectivity index (χ3n) is 3.04. The topological polar surface area (TPSA) is 26.0 Å². The summed E-state index contributed by atoms with van der Waals surface area (Å²) in [5.41, 5.74) is 10.1. The van der Waals surface area contributed by atoms with E-state index in [9.17, 15) is 0 Å². The first-order valence-corrected chi connectivity index (χ1v) is 5.39. The van der Waals surface area contributed by atoms with Crippen LogP contribution < -0.4 is 5.73 Å². The average molecular weight is 228 g/mol. The van der Waals surface area contributed by atoms with Crippen LogP contribution in [0.3, 0.4) is 0 Å². The molecular formula is C13H22ClN. The summed E-state index contributed by atoms with van der Waals surface area (Å²) in [5.74, 6) is 0.552. The van der Waals surface area contributed by atoms with E-state index in [-0.39, 0.29) is 18.4 Å². The largest absolute Gasteiger partial charge is 0.324 e. The van der Waals surface area contributed by atoms with Gasteiger partial charge in [0.05, 0.1) is 0 Å². The van der Waals surface area contributed by atoms with E-state index in [1.165, 1.54) is 16.7 Å². The lowest BCUT2D eigenvalue weighted by molar-refractivity contribution is 0.455. The Morgan fingerprint density at radius 1 is 1.27 bits per heavy atom. The van der Waals surface area contributed by atoms with E-state index >= 15 is 0 Å². The first kappa shape index (κ1) is 14.5. The predicted molar refractivity (Wildman–Crippen MR) is 69.5 cm³/mol. The summed E-state index contributed by atoms with van der Waals surface area (Å²) < 4.78 is 0. The third-order valence-corrected chi connectivity index (χ3v) is 3.04. The Morgan fingerprint density at radius 3 is 2.33 bits per heavy atom. The first-order chi connectivity index (χ1) is 6.56. The molecule has 1 aromatic carbocycles. The van der Waals surface area contributed by atoms with Crippen LogP contribution in [-0.4, -0.2) is 0 Å². The summed E-state index contributed by atoms with van der Waals surface area (Å²) in [6.07, 6.45) is 1.13. The molecule has 0 heterocycles. The molecule has 0 saturated heterocycles. The maximum atomic E-state index is 6.20. The zero-order chi connectivity index (χ0) is 10.7. The monoisotopic (exact) mass is 227 g/mol. The van der Waals surface area contributed by atoms with Crippen LogP contribution in [0.1, 0.15) is 43.0 Å². The van der Waals surface area contributed by atoms with Crippen molar-refractivity contribution in [3.8, 4) is 0 Å². The van der Waals surface area contributed by atoms with Crippen LogP contribution in [0.5, 0.6) is 0 Å². The molecule has 0 aliphatic rings. The number of rotatable bonds is 3. The molecule has 0 amide bonds. The van der Waals surface area contributed by atoms with Crippen LogP contribution in [0.25, 0.3) is 0 Å². The molecular weight excluding hydrogens is 206 g/mol. The van der Waals surface area contributed by atoms with Gasteiger partial charge >= 0.3 is 0 Å². The molecule has 0 aliphatic carbocycles. The maximum Gasteiger partial charge on any atom is 0.0323 e. The van der Waals surface area contributed by atoms with Crippen LogP contribution in [0.2, 0.25) is 0 Å². The van der Waals surface area contributed by atoms with Crippen molar-refractivity contribution in [2.24, 2.45) is 11.7 Å². The zero-order valence-corrected chi connectivity index (χ0v) is 10.9. The smallest absolute Gasteiger partial charge is 0.0323 e. The Labute approximate surface area is 99.5 Å². The fourth-order valence-electron chi connectivity index (χ4n) is 1.76. The SMILES string of the molecule is CCC(C)[C@H](N)c1ccc(C)cc1C.Cl. The summed E-state index contributed by atoms with van der Waals surface area (Å²) in [6, 6.07) is 6.70. The molecule has 0 aliphatic heterocycles. The second-order valence-corrected chi connectivity index (χ2v) is 4.27. The molecule has 1 unspecified atom stereocenters. The van der Waals surface area contributed by atoms with Crippen molar-refractivity contribution in [1.82, 2.24) is 0 Å². The van der Waals surface area contributed by atoms with E-state index in [0.717, 1.165) is 6.42 Å². The van der Waals surface area contributed by atoms with Gasteiger partial charge in [-0.05, 0) is 30.9 Å². The Balaban J connectivity index is 0.00000196. The normalized spacial score (nSPS) is 14.2. The van der Waals surface area contributed by atoms with Gasteiger partial charge in [-0.15, -0.1) is 12.4 Å². The van der Waals surface area contributed by atoms with E-state index in [0.29, 0.717) is 5.92 Å². The lowest BCUT2D eigenvalue weighted by atomic mass is 9.90. The molecule has 15 heavy (non-hydrogen) atoms. The van der Waals surface area contributed by atoms with Crippen molar-refractivity contribution in [2.75, 3.05) is 0 Å². The lowest BCUT2D eigenvalue weighted by Gasteiger charge is -2.20. The van der Waals surface area contributed by atoms with E-state index in [4.69, 9.17) is 5.73 Å². The number of nitrogens with two attached hydrogens (primary N) is 1. The van der Waals surface area contributed by atoms with Gasteiger partial charge in [0.15, 0.2) is 0 Å². The van der Waals surface area contributed by atoms with E-state index in [2.05, 4.69) is 45.9 Å². The van der Waals surface area contributed by atoms with Crippen molar-refractivity contribution in [3.63, 3.8) is 0 Å². The quantitative estimate of drug-likeness (QED) is 0.836. The average Bonchev–Trinajstić information content (AvgIpc) is 2.15. The first-order valence-electron chi connectivity index (χ1n) is 5.39. The van der Waals surface area contributed by atoms with Crippen LogP contribution >= 0.6 is 12.4 Å². The van der Waals surface area contributed by atoms with Gasteiger partial charge in [-0.3, -0.25) is 0 Å². The van der Waals surface area contributed by atoms with Crippen molar-refractivity contribution in [2.45, 2.75) is 40.2 Å². The minimum absolute atomic E-state index is 0. The van der Waals surface area contributed by atoms with Crippen molar-refractivity contribution in [3.05, 3.63) is 34.9 Å². The number of benzene rings is 1. The van der Waals surface area contributed by atoms with Gasteiger partial charge in [0.2, 0.25) is 0 Å². The molecule has 0 fully saturated rings. The fraction of sp³-hybridized carbons (Fsp3) is 0.538. The molecule has 0 aromatic heterocycles. The van der Waals surface area contributed by atoms with Gasteiger partial charge in [-0.25, -0.2) is 0 Å². The summed E-state index contributed by atoms with van der Waals surface area (Å²) in [4.78, 5) is 0. The van der Waals surface area contributed by atoms with Crippen LogP contribution in [0, 0.1) is 19.8 Å². The molecule has 0 spiro atoms. The van der Waals surface area contributed by atoms with Gasteiger partial charge in [-0.1, -0.05) is 44.0 Å². The summed E-state index contributed by atoms with van der Waals surface area (Å²) in [6.45, 7) is 8.66. The maximum absolute atomic E-state index is 6.20. The van der Waals surface area contributed by atoms with Gasteiger partial charge < -0.3 is 5.73 Å². The second-order valence-electron chi connectivity index (χ2n) is 4.27. The molecule has 2 N–H and O–H groups in total. The zero-order valence-electron chi connectivity index (χ0n) is 10.1. The molecule has 2 heteroatoms. The lowest BCUT2D eigenvalue weighted by Crippen LogP contribution is -2.19. The van der Waals surface area contributed by atoms with Gasteiger partial charge in [-0.2, -0.15) is 0 Å². The Bertz CT molecular complexity index is 309. The highest BCUT2D eigenvalue weighted by atomic mass is 35.5. The molecule has 86 valence electrons.